The number of nitrogens with two attached hydrogens (primary N) is 1. The van der Waals surface area contributed by atoms with Crippen molar-refractivity contribution < 1.29 is 19.2 Å². The van der Waals surface area contributed by atoms with Gasteiger partial charge in [0.05, 0.1) is 30.0 Å². The van der Waals surface area contributed by atoms with E-state index in [1.54, 1.807) is 17.2 Å². The minimum Gasteiger partial charge on any atom is -0.453 e. The van der Waals surface area contributed by atoms with Crippen LogP contribution in [0.5, 0.6) is 0 Å². The van der Waals surface area contributed by atoms with E-state index in [1.807, 2.05) is 38.1 Å². The van der Waals surface area contributed by atoms with Crippen molar-refractivity contribution in [3.05, 3.63) is 75.7 Å². The number of nitro benzene ring substituents is 1. The summed E-state index contributed by atoms with van der Waals surface area (Å²) < 4.78 is 4.69. The molecular formula is C28H30N6O5. The molecule has 0 unspecified atom stereocenters. The van der Waals surface area contributed by atoms with Gasteiger partial charge in [0, 0.05) is 23.7 Å². The standard InChI is InChI=1S/C28H30N6O5/c1-17(2)25(32-28(36)39-3)27(35)33-14-4-5-23(33)26-30-16-22(31-26)20-11-8-18(9-12-20)6-7-19-10-13-21(29)24(15-19)34(37)38/h8-13,15-17,23,25H,4-5,14,29H2,1-3H3,(H,30,31)(H,32,36)/t23-,25-/m0/s1. The Kier molecular flexibility index (Phi) is 8.15. The number of nitrogens with one attached hydrogen (secondary N) is 2. The SMILES string of the molecule is COC(=O)N[C@H](C(=O)N1CCC[C@H]1c1ncc(-c2ccc(C#Cc3ccc(N)c([N+](=O)[O-])c3)cc2)[nH]1)C(C)C. The number of rotatable bonds is 6. The summed E-state index contributed by atoms with van der Waals surface area (Å²) in [6, 6.07) is 11.1. The molecule has 2 heterocycles. The number of nitrogens with zero attached hydrogens (tertiary/aromatic N) is 3. The summed E-state index contributed by atoms with van der Waals surface area (Å²) in [5.41, 5.74) is 8.49. The highest BCUT2D eigenvalue weighted by molar-refractivity contribution is 5.86. The number of alkyl carbamates (subject to hydrolysis) is 1. The molecule has 39 heavy (non-hydrogen) atoms. The molecule has 4 N–H and O–H groups in total. The molecule has 4 rings (SSSR count). The summed E-state index contributed by atoms with van der Waals surface area (Å²) in [6.45, 7) is 4.33. The normalized spacial score (nSPS) is 15.4. The molecule has 2 aromatic carbocycles. The average molecular weight is 531 g/mol. The Hall–Kier alpha value is -4.85. The van der Waals surface area contributed by atoms with E-state index in [1.165, 1.54) is 19.2 Å². The fourth-order valence-electron chi connectivity index (χ4n) is 4.50. The van der Waals surface area contributed by atoms with E-state index >= 15 is 0 Å². The summed E-state index contributed by atoms with van der Waals surface area (Å²) in [6.07, 6.45) is 2.69. The summed E-state index contributed by atoms with van der Waals surface area (Å²) in [7, 11) is 1.27. The van der Waals surface area contributed by atoms with Crippen molar-refractivity contribution in [2.45, 2.75) is 38.8 Å². The largest absolute Gasteiger partial charge is 0.453 e. The number of aromatic nitrogens is 2. The van der Waals surface area contributed by atoms with Crippen LogP contribution in [0.2, 0.25) is 0 Å². The summed E-state index contributed by atoms with van der Waals surface area (Å²) in [4.78, 5) is 45.4. The van der Waals surface area contributed by atoms with Gasteiger partial charge in [-0.05, 0) is 48.6 Å². The van der Waals surface area contributed by atoms with Gasteiger partial charge in [0.25, 0.3) is 5.69 Å². The number of nitro groups is 1. The topological polar surface area (TPSA) is 156 Å². The van der Waals surface area contributed by atoms with Crippen molar-refractivity contribution in [1.29, 1.82) is 0 Å². The van der Waals surface area contributed by atoms with Gasteiger partial charge in [0.2, 0.25) is 5.91 Å². The van der Waals surface area contributed by atoms with Gasteiger partial charge in [-0.1, -0.05) is 37.8 Å². The highest BCUT2D eigenvalue weighted by atomic mass is 16.6. The number of aromatic amines is 1. The smallest absolute Gasteiger partial charge is 0.407 e. The lowest BCUT2D eigenvalue weighted by Gasteiger charge is -2.30. The number of anilines is 1. The fraction of sp³-hybridized carbons (Fsp3) is 0.321. The number of hydrogen-bond donors (Lipinski definition) is 3. The first-order chi connectivity index (χ1) is 18.7. The van der Waals surface area contributed by atoms with Crippen LogP contribution >= 0.6 is 0 Å². The monoisotopic (exact) mass is 530 g/mol. The minimum absolute atomic E-state index is 0.0940. The molecule has 11 nitrogen and oxygen atoms in total. The fourth-order valence-corrected chi connectivity index (χ4v) is 4.50. The van der Waals surface area contributed by atoms with Gasteiger partial charge < -0.3 is 25.7 Å². The summed E-state index contributed by atoms with van der Waals surface area (Å²) in [5, 5.41) is 13.7. The molecule has 2 amide bonds. The molecule has 0 spiro atoms. The van der Waals surface area contributed by atoms with E-state index in [-0.39, 0.29) is 29.2 Å². The van der Waals surface area contributed by atoms with E-state index < -0.39 is 17.1 Å². The Balaban J connectivity index is 1.48. The maximum Gasteiger partial charge on any atom is 0.407 e. The van der Waals surface area contributed by atoms with Crippen molar-refractivity contribution in [3.63, 3.8) is 0 Å². The van der Waals surface area contributed by atoms with Crippen LogP contribution in [0.4, 0.5) is 16.2 Å². The highest BCUT2D eigenvalue weighted by Crippen LogP contribution is 2.32. The molecule has 0 radical (unpaired) electrons. The van der Waals surface area contributed by atoms with E-state index in [0.717, 1.165) is 29.7 Å². The lowest BCUT2D eigenvalue weighted by molar-refractivity contribution is -0.383. The number of imidazole rings is 1. The Morgan fingerprint density at radius 3 is 2.56 bits per heavy atom. The quantitative estimate of drug-likeness (QED) is 0.188. The Bertz CT molecular complexity index is 1440. The molecule has 1 fully saturated rings. The molecule has 0 saturated carbocycles. The van der Waals surface area contributed by atoms with Crippen molar-refractivity contribution in [1.82, 2.24) is 20.2 Å². The molecule has 2 atom stereocenters. The van der Waals surface area contributed by atoms with Gasteiger partial charge in [-0.2, -0.15) is 0 Å². The van der Waals surface area contributed by atoms with Crippen LogP contribution in [0, 0.1) is 27.9 Å². The molecule has 0 bridgehead atoms. The van der Waals surface area contributed by atoms with E-state index in [9.17, 15) is 19.7 Å². The number of amides is 2. The van der Waals surface area contributed by atoms with Crippen LogP contribution in [0.3, 0.4) is 0 Å². The van der Waals surface area contributed by atoms with Gasteiger partial charge >= 0.3 is 6.09 Å². The number of carbonyl (C=O) groups excluding carboxylic acids is 2. The first-order valence-electron chi connectivity index (χ1n) is 12.5. The molecule has 1 aliphatic heterocycles. The van der Waals surface area contributed by atoms with E-state index in [0.29, 0.717) is 17.9 Å². The van der Waals surface area contributed by atoms with Crippen LogP contribution in [0.1, 0.15) is 49.7 Å². The molecular weight excluding hydrogens is 500 g/mol. The zero-order valence-corrected chi connectivity index (χ0v) is 21.9. The predicted molar refractivity (Wildman–Crippen MR) is 145 cm³/mol. The first kappa shape index (κ1) is 27.2. The van der Waals surface area contributed by atoms with Gasteiger partial charge in [-0.25, -0.2) is 9.78 Å². The second kappa shape index (κ2) is 11.7. The van der Waals surface area contributed by atoms with E-state index in [4.69, 9.17) is 10.5 Å². The number of carbonyl (C=O) groups is 2. The maximum atomic E-state index is 13.3. The Morgan fingerprint density at radius 2 is 1.90 bits per heavy atom. The van der Waals surface area contributed by atoms with E-state index in [2.05, 4.69) is 27.1 Å². The summed E-state index contributed by atoms with van der Waals surface area (Å²) >= 11 is 0. The zero-order chi connectivity index (χ0) is 28.1. The molecule has 1 aliphatic rings. The van der Waals surface area contributed by atoms with Gasteiger partial charge in [-0.15, -0.1) is 0 Å². The lowest BCUT2D eigenvalue weighted by atomic mass is 10.0. The van der Waals surface area contributed by atoms with Crippen LogP contribution in [-0.4, -0.2) is 51.5 Å². The molecule has 3 aromatic rings. The number of hydrogen-bond acceptors (Lipinski definition) is 7. The number of likely N-dealkylation sites (tertiary alicyclic amines) is 1. The predicted octanol–water partition coefficient (Wildman–Crippen LogP) is 4.01. The lowest BCUT2D eigenvalue weighted by Crippen LogP contribution is -2.51. The van der Waals surface area contributed by atoms with Crippen LogP contribution in [0.15, 0.2) is 48.7 Å². The first-order valence-corrected chi connectivity index (χ1v) is 12.5. The third kappa shape index (κ3) is 6.18. The maximum absolute atomic E-state index is 13.3. The molecule has 11 heteroatoms. The third-order valence-electron chi connectivity index (χ3n) is 6.61. The molecule has 1 aromatic heterocycles. The number of nitrogen functional groups attached to an aromatic ring is 1. The molecule has 202 valence electrons. The van der Waals surface area contributed by atoms with Crippen molar-refractivity contribution in [2.75, 3.05) is 19.4 Å². The van der Waals surface area contributed by atoms with Gasteiger partial charge in [0.1, 0.15) is 17.6 Å². The van der Waals surface area contributed by atoms with Crippen LogP contribution < -0.4 is 11.1 Å². The number of ether oxygens (including phenoxy) is 1. The molecule has 0 aliphatic carbocycles. The number of methoxy groups -OCH3 is 1. The third-order valence-corrected chi connectivity index (χ3v) is 6.61. The summed E-state index contributed by atoms with van der Waals surface area (Å²) in [5.74, 6) is 6.35. The second-order valence-corrected chi connectivity index (χ2v) is 9.59. The average Bonchev–Trinajstić information content (AvgIpc) is 3.61. The molecule has 1 saturated heterocycles. The van der Waals surface area contributed by atoms with Gasteiger partial charge in [0.15, 0.2) is 0 Å². The van der Waals surface area contributed by atoms with Crippen molar-refractivity contribution in [2.24, 2.45) is 5.92 Å². The minimum atomic E-state index is -0.694. The Morgan fingerprint density at radius 1 is 1.21 bits per heavy atom. The highest BCUT2D eigenvalue weighted by Gasteiger charge is 2.37. The zero-order valence-electron chi connectivity index (χ0n) is 21.9. The second-order valence-electron chi connectivity index (χ2n) is 9.59. The number of H-pyrrole nitrogens is 1. The van der Waals surface area contributed by atoms with Gasteiger partial charge in [-0.3, -0.25) is 14.9 Å². The van der Waals surface area contributed by atoms with Crippen LogP contribution in [0.25, 0.3) is 11.3 Å². The van der Waals surface area contributed by atoms with Crippen molar-refractivity contribution >= 4 is 23.4 Å². The van der Waals surface area contributed by atoms with Crippen LogP contribution in [-0.2, 0) is 9.53 Å². The Labute approximate surface area is 225 Å². The number of benzene rings is 2. The van der Waals surface area contributed by atoms with Crippen molar-refractivity contribution in [3.8, 4) is 23.1 Å².